The van der Waals surface area contributed by atoms with Gasteiger partial charge in [-0.05, 0) is 37.6 Å². The van der Waals surface area contributed by atoms with Crippen molar-refractivity contribution < 1.29 is 4.79 Å². The Hall–Kier alpha value is -0.570. The summed E-state index contributed by atoms with van der Waals surface area (Å²) in [6, 6.07) is 0.551. The van der Waals surface area contributed by atoms with E-state index in [4.69, 9.17) is 0 Å². The van der Waals surface area contributed by atoms with E-state index >= 15 is 0 Å². The highest BCUT2D eigenvalue weighted by Crippen LogP contribution is 2.40. The molecule has 2 rings (SSSR count). The lowest BCUT2D eigenvalue weighted by molar-refractivity contribution is -0.134. The Morgan fingerprint density at radius 2 is 2.11 bits per heavy atom. The lowest BCUT2D eigenvalue weighted by Crippen LogP contribution is -2.50. The van der Waals surface area contributed by atoms with E-state index in [0.29, 0.717) is 17.4 Å². The van der Waals surface area contributed by atoms with Crippen molar-refractivity contribution in [2.24, 2.45) is 5.41 Å². The van der Waals surface area contributed by atoms with E-state index < -0.39 is 0 Å². The van der Waals surface area contributed by atoms with Crippen LogP contribution in [0.5, 0.6) is 0 Å². The zero-order chi connectivity index (χ0) is 13.2. The van der Waals surface area contributed by atoms with Gasteiger partial charge in [0.05, 0.1) is 6.04 Å². The normalized spacial score (nSPS) is 31.9. The molecule has 3 nitrogen and oxygen atoms in total. The zero-order valence-electron chi connectivity index (χ0n) is 12.2. The second-order valence-electron chi connectivity index (χ2n) is 6.58. The molecule has 0 bridgehead atoms. The summed E-state index contributed by atoms with van der Waals surface area (Å²) >= 11 is 0. The molecule has 3 heteroatoms. The van der Waals surface area contributed by atoms with Gasteiger partial charge in [0.15, 0.2) is 0 Å². The van der Waals surface area contributed by atoms with Crippen molar-refractivity contribution in [3.8, 4) is 0 Å². The fourth-order valence-corrected chi connectivity index (χ4v) is 3.57. The number of carbonyl (C=O) groups is 1. The Balaban J connectivity index is 1.99. The maximum absolute atomic E-state index is 12.5. The minimum atomic E-state index is 0.0858. The second-order valence-corrected chi connectivity index (χ2v) is 6.58. The highest BCUT2D eigenvalue weighted by molar-refractivity contribution is 5.84. The Labute approximate surface area is 111 Å². The van der Waals surface area contributed by atoms with Gasteiger partial charge < -0.3 is 10.2 Å². The van der Waals surface area contributed by atoms with E-state index in [0.717, 1.165) is 25.9 Å². The molecule has 1 saturated carbocycles. The van der Waals surface area contributed by atoms with Gasteiger partial charge in [-0.15, -0.1) is 0 Å². The van der Waals surface area contributed by atoms with Gasteiger partial charge in [-0.25, -0.2) is 0 Å². The SMILES string of the molecule is CCCNC1CCN(C2CCCCC2(C)C)C1=O. The molecule has 1 heterocycles. The van der Waals surface area contributed by atoms with Gasteiger partial charge in [0.1, 0.15) is 0 Å². The largest absolute Gasteiger partial charge is 0.338 e. The standard InChI is InChI=1S/C15H28N2O/c1-4-10-16-12-8-11-17(14(12)18)13-7-5-6-9-15(13,2)3/h12-13,16H,4-11H2,1-3H3. The van der Waals surface area contributed by atoms with Crippen molar-refractivity contribution >= 4 is 5.91 Å². The lowest BCUT2D eigenvalue weighted by Gasteiger charge is -2.44. The number of hydrogen-bond donors (Lipinski definition) is 1. The summed E-state index contributed by atoms with van der Waals surface area (Å²) in [7, 11) is 0. The molecule has 2 unspecified atom stereocenters. The highest BCUT2D eigenvalue weighted by Gasteiger charge is 2.42. The van der Waals surface area contributed by atoms with Gasteiger partial charge in [0.25, 0.3) is 0 Å². The van der Waals surface area contributed by atoms with Crippen LogP contribution in [0.25, 0.3) is 0 Å². The molecular formula is C15H28N2O. The first kappa shape index (κ1) is 13.9. The molecule has 104 valence electrons. The third kappa shape index (κ3) is 2.71. The van der Waals surface area contributed by atoms with Crippen molar-refractivity contribution in [3.05, 3.63) is 0 Å². The first-order valence-electron chi connectivity index (χ1n) is 7.60. The van der Waals surface area contributed by atoms with Crippen molar-refractivity contribution in [2.75, 3.05) is 13.1 Å². The van der Waals surface area contributed by atoms with Gasteiger partial charge in [-0.3, -0.25) is 4.79 Å². The van der Waals surface area contributed by atoms with E-state index in [1.54, 1.807) is 0 Å². The minimum absolute atomic E-state index is 0.0858. The molecule has 1 aliphatic carbocycles. The molecule has 2 atom stereocenters. The summed E-state index contributed by atoms with van der Waals surface area (Å²) < 4.78 is 0. The van der Waals surface area contributed by atoms with Crippen molar-refractivity contribution in [3.63, 3.8) is 0 Å². The average Bonchev–Trinajstić information content (AvgIpc) is 2.68. The van der Waals surface area contributed by atoms with Crippen LogP contribution in [0, 0.1) is 5.41 Å². The molecule has 2 fully saturated rings. The summed E-state index contributed by atoms with van der Waals surface area (Å²) in [6.45, 7) is 8.72. The van der Waals surface area contributed by atoms with Gasteiger partial charge in [-0.1, -0.05) is 33.6 Å². The lowest BCUT2D eigenvalue weighted by atomic mass is 9.72. The summed E-state index contributed by atoms with van der Waals surface area (Å²) in [5.74, 6) is 0.350. The van der Waals surface area contributed by atoms with Crippen LogP contribution >= 0.6 is 0 Å². The number of carbonyl (C=O) groups excluding carboxylic acids is 1. The van der Waals surface area contributed by atoms with E-state index in [9.17, 15) is 4.79 Å². The maximum atomic E-state index is 12.5. The fourth-order valence-electron chi connectivity index (χ4n) is 3.57. The fraction of sp³-hybridized carbons (Fsp3) is 0.933. The predicted molar refractivity (Wildman–Crippen MR) is 74.4 cm³/mol. The molecule has 2 aliphatic rings. The number of nitrogens with one attached hydrogen (secondary N) is 1. The van der Waals surface area contributed by atoms with Crippen molar-refractivity contribution in [1.82, 2.24) is 10.2 Å². The summed E-state index contributed by atoms with van der Waals surface area (Å²) in [6.07, 6.45) is 7.14. The summed E-state index contributed by atoms with van der Waals surface area (Å²) in [4.78, 5) is 14.6. The second kappa shape index (κ2) is 5.60. The van der Waals surface area contributed by atoms with Gasteiger partial charge in [0, 0.05) is 12.6 Å². The molecule has 1 N–H and O–H groups in total. The molecule has 1 saturated heterocycles. The van der Waals surface area contributed by atoms with Crippen LogP contribution < -0.4 is 5.32 Å². The van der Waals surface area contributed by atoms with Crippen LogP contribution in [-0.4, -0.2) is 36.0 Å². The summed E-state index contributed by atoms with van der Waals surface area (Å²) in [5, 5.41) is 3.39. The van der Waals surface area contributed by atoms with Crippen LogP contribution in [0.4, 0.5) is 0 Å². The Morgan fingerprint density at radius 3 is 2.78 bits per heavy atom. The van der Waals surface area contributed by atoms with E-state index in [1.807, 2.05) is 0 Å². The van der Waals surface area contributed by atoms with Crippen LogP contribution in [0.1, 0.15) is 59.3 Å². The van der Waals surface area contributed by atoms with Crippen LogP contribution in [0.2, 0.25) is 0 Å². The number of hydrogen-bond acceptors (Lipinski definition) is 2. The minimum Gasteiger partial charge on any atom is -0.338 e. The molecule has 1 aliphatic heterocycles. The smallest absolute Gasteiger partial charge is 0.240 e. The van der Waals surface area contributed by atoms with Crippen molar-refractivity contribution in [2.45, 2.75) is 71.4 Å². The summed E-state index contributed by atoms with van der Waals surface area (Å²) in [5.41, 5.74) is 0.299. The van der Waals surface area contributed by atoms with Gasteiger partial charge in [-0.2, -0.15) is 0 Å². The van der Waals surface area contributed by atoms with E-state index in [1.165, 1.54) is 25.7 Å². The number of amides is 1. The van der Waals surface area contributed by atoms with Crippen LogP contribution in [-0.2, 0) is 4.79 Å². The molecular weight excluding hydrogens is 224 g/mol. The Morgan fingerprint density at radius 1 is 1.33 bits per heavy atom. The monoisotopic (exact) mass is 252 g/mol. The third-order valence-electron chi connectivity index (χ3n) is 4.71. The Kier molecular flexibility index (Phi) is 4.31. The first-order chi connectivity index (χ1) is 8.56. The van der Waals surface area contributed by atoms with Crippen LogP contribution in [0.3, 0.4) is 0 Å². The highest BCUT2D eigenvalue weighted by atomic mass is 16.2. The average molecular weight is 252 g/mol. The molecule has 0 aromatic heterocycles. The molecule has 0 spiro atoms. The van der Waals surface area contributed by atoms with Crippen molar-refractivity contribution in [1.29, 1.82) is 0 Å². The van der Waals surface area contributed by atoms with Gasteiger partial charge in [0.2, 0.25) is 5.91 Å². The van der Waals surface area contributed by atoms with Crippen LogP contribution in [0.15, 0.2) is 0 Å². The number of rotatable bonds is 4. The van der Waals surface area contributed by atoms with E-state index in [2.05, 4.69) is 31.0 Å². The predicted octanol–water partition coefficient (Wildman–Crippen LogP) is 2.56. The third-order valence-corrected chi connectivity index (χ3v) is 4.71. The zero-order valence-corrected chi connectivity index (χ0v) is 12.2. The quantitative estimate of drug-likeness (QED) is 0.834. The Bertz CT molecular complexity index is 301. The number of likely N-dealkylation sites (tertiary alicyclic amines) is 1. The maximum Gasteiger partial charge on any atom is 0.240 e. The van der Waals surface area contributed by atoms with E-state index in [-0.39, 0.29) is 6.04 Å². The molecule has 1 amide bonds. The molecule has 0 aromatic rings. The molecule has 18 heavy (non-hydrogen) atoms. The number of nitrogens with zero attached hydrogens (tertiary/aromatic N) is 1. The first-order valence-corrected chi connectivity index (χ1v) is 7.60. The topological polar surface area (TPSA) is 32.3 Å². The molecule has 0 aromatic carbocycles. The van der Waals surface area contributed by atoms with Gasteiger partial charge >= 0.3 is 0 Å². The molecule has 0 radical (unpaired) electrons.